The molecule has 0 saturated heterocycles. The van der Waals surface area contributed by atoms with Crippen LogP contribution in [0.3, 0.4) is 0 Å². The van der Waals surface area contributed by atoms with Crippen LogP contribution < -0.4 is 11.7 Å². The van der Waals surface area contributed by atoms with E-state index in [1.54, 1.807) is 0 Å². The van der Waals surface area contributed by atoms with Crippen molar-refractivity contribution in [2.24, 2.45) is 11.7 Å². The summed E-state index contributed by atoms with van der Waals surface area (Å²) in [6.45, 7) is -0.529. The highest BCUT2D eigenvalue weighted by Gasteiger charge is 1.99. The summed E-state index contributed by atoms with van der Waals surface area (Å²) >= 11 is 0. The minimum atomic E-state index is -3.92. The molecule has 0 rings (SSSR count). The molecule has 0 fully saturated rings. The number of hydrogen-bond acceptors (Lipinski definition) is 5. The highest BCUT2D eigenvalue weighted by molar-refractivity contribution is 7.85. The molecule has 6 nitrogen and oxygen atoms in total. The van der Waals surface area contributed by atoms with Crippen LogP contribution in [0.25, 0.3) is 0 Å². The van der Waals surface area contributed by atoms with Crippen molar-refractivity contribution < 1.29 is 18.1 Å². The normalized spacial score (nSPS) is 9.78. The second-order valence-electron chi connectivity index (χ2n) is 1.01. The smallest absolute Gasteiger partial charge is 0.267 e. The zero-order valence-corrected chi connectivity index (χ0v) is 5.50. The van der Waals surface area contributed by atoms with Gasteiger partial charge in [0.2, 0.25) is 0 Å². The summed E-state index contributed by atoms with van der Waals surface area (Å²) in [6.07, 6.45) is 0. The van der Waals surface area contributed by atoms with Crippen molar-refractivity contribution in [1.29, 1.82) is 0 Å². The highest BCUT2D eigenvalue weighted by atomic mass is 32.2. The molecule has 6 N–H and O–H groups in total. The monoisotopic (exact) mass is 158 g/mol. The third-order valence-corrected chi connectivity index (χ3v) is 1.05. The summed E-state index contributed by atoms with van der Waals surface area (Å²) in [7, 11) is -3.92. The number of hydrogen-bond donors (Lipinski definition) is 4. The van der Waals surface area contributed by atoms with Gasteiger partial charge < -0.3 is 5.11 Å². The van der Waals surface area contributed by atoms with Crippen molar-refractivity contribution in [1.82, 2.24) is 0 Å². The zero-order chi connectivity index (χ0) is 7.91. The summed E-state index contributed by atoms with van der Waals surface area (Å²) < 4.78 is 27.1. The number of aliphatic hydroxyl groups is 1. The van der Waals surface area contributed by atoms with Crippen molar-refractivity contribution in [3.05, 3.63) is 0 Å². The van der Waals surface area contributed by atoms with Gasteiger partial charge in [-0.25, -0.2) is 0 Å². The molecule has 0 aliphatic carbocycles. The molecular weight excluding hydrogens is 148 g/mol. The fraction of sp³-hybridized carbons (Fsp3) is 1.00. The van der Waals surface area contributed by atoms with E-state index in [-0.39, 0.29) is 0 Å². The Labute approximate surface area is 53.2 Å². The van der Waals surface area contributed by atoms with Gasteiger partial charge in [-0.05, 0) is 0 Å². The lowest BCUT2D eigenvalue weighted by molar-refractivity contribution is 0.315. The Bertz CT molecular complexity index is 130. The molecule has 0 aromatic carbocycles. The largest absolute Gasteiger partial charge is 0.395 e. The van der Waals surface area contributed by atoms with E-state index in [4.69, 9.17) is 9.66 Å². The molecule has 0 aliphatic heterocycles. The van der Waals surface area contributed by atoms with Crippen LogP contribution in [-0.4, -0.2) is 30.4 Å². The van der Waals surface area contributed by atoms with Crippen LogP contribution in [-0.2, 0) is 10.1 Å². The maximum absolute atomic E-state index is 9.63. The maximum Gasteiger partial charge on any atom is 0.267 e. The summed E-state index contributed by atoms with van der Waals surface area (Å²) in [5.41, 5.74) is 0. The molecule has 0 heterocycles. The first-order valence-electron chi connectivity index (χ1n) is 1.95. The lowest BCUT2D eigenvalue weighted by atomic mass is 10.9. The average Bonchev–Trinajstić information content (AvgIpc) is 1.69. The van der Waals surface area contributed by atoms with Gasteiger partial charge in [-0.2, -0.15) is 8.42 Å². The van der Waals surface area contributed by atoms with Crippen molar-refractivity contribution in [3.63, 3.8) is 0 Å². The maximum atomic E-state index is 9.63. The van der Waals surface area contributed by atoms with Crippen molar-refractivity contribution in [2.75, 3.05) is 12.4 Å². The molecule has 0 saturated carbocycles. The molecule has 0 spiro atoms. The second kappa shape index (κ2) is 5.92. The van der Waals surface area contributed by atoms with E-state index in [1.807, 2.05) is 0 Å². The van der Waals surface area contributed by atoms with Gasteiger partial charge in [-0.15, -0.1) is 0 Å². The van der Waals surface area contributed by atoms with Crippen LogP contribution in [0.15, 0.2) is 0 Å². The van der Waals surface area contributed by atoms with Crippen LogP contribution >= 0.6 is 0 Å². The van der Waals surface area contributed by atoms with Crippen LogP contribution in [0.4, 0.5) is 0 Å². The van der Waals surface area contributed by atoms with Gasteiger partial charge in [0.25, 0.3) is 10.1 Å². The number of nitrogens with two attached hydrogens (primary N) is 2. The SMILES string of the molecule is NN.O=S(=O)(O)CCO. The first kappa shape index (κ1) is 11.6. The lowest BCUT2D eigenvalue weighted by Gasteiger charge is -1.85. The van der Waals surface area contributed by atoms with E-state index in [0.29, 0.717) is 0 Å². The summed E-state index contributed by atoms with van der Waals surface area (Å²) in [5, 5.41) is 7.86. The van der Waals surface area contributed by atoms with Crippen LogP contribution in [0.1, 0.15) is 0 Å². The standard InChI is InChI=1S/C2H6O4S.H4N2/c3-1-2-7(4,5)6;1-2/h3H,1-2H2,(H,4,5,6);1-2H2. The molecule has 0 unspecified atom stereocenters. The third-order valence-electron chi connectivity index (χ3n) is 0.349. The average molecular weight is 158 g/mol. The second-order valence-corrected chi connectivity index (χ2v) is 2.58. The Hall–Kier alpha value is -0.210. The first-order chi connectivity index (χ1) is 4.06. The van der Waals surface area contributed by atoms with E-state index in [9.17, 15) is 8.42 Å². The molecule has 7 heteroatoms. The summed E-state index contributed by atoms with van der Waals surface area (Å²) in [5.74, 6) is 7.42. The molecule has 58 valence electrons. The molecular formula is C2H10N2O4S. The fourth-order valence-corrected chi connectivity index (χ4v) is 0.346. The Morgan fingerprint density at radius 1 is 1.33 bits per heavy atom. The zero-order valence-electron chi connectivity index (χ0n) is 4.69. The predicted molar refractivity (Wildman–Crippen MR) is 31.9 cm³/mol. The van der Waals surface area contributed by atoms with Crippen molar-refractivity contribution in [3.8, 4) is 0 Å². The predicted octanol–water partition coefficient (Wildman–Crippen LogP) is -2.31. The van der Waals surface area contributed by atoms with E-state index < -0.39 is 22.5 Å². The number of hydrazine groups is 1. The Morgan fingerprint density at radius 3 is 1.67 bits per heavy atom. The van der Waals surface area contributed by atoms with Gasteiger partial charge in [0.1, 0.15) is 0 Å². The first-order valence-corrected chi connectivity index (χ1v) is 3.56. The molecule has 0 atom stereocenters. The molecule has 0 aromatic rings. The van der Waals surface area contributed by atoms with Crippen LogP contribution in [0.2, 0.25) is 0 Å². The van der Waals surface area contributed by atoms with E-state index in [0.717, 1.165) is 0 Å². The molecule has 0 bridgehead atoms. The Morgan fingerprint density at radius 2 is 1.67 bits per heavy atom. The van der Waals surface area contributed by atoms with Gasteiger partial charge >= 0.3 is 0 Å². The van der Waals surface area contributed by atoms with E-state index >= 15 is 0 Å². The van der Waals surface area contributed by atoms with E-state index in [2.05, 4.69) is 11.7 Å². The third kappa shape index (κ3) is 18.2. The minimum Gasteiger partial charge on any atom is -0.395 e. The van der Waals surface area contributed by atoms with E-state index in [1.165, 1.54) is 0 Å². The Kier molecular flexibility index (Phi) is 7.61. The minimum absolute atomic E-state index is 0.529. The molecule has 0 radical (unpaired) electrons. The lowest BCUT2D eigenvalue weighted by Crippen LogP contribution is -2.06. The molecule has 0 amide bonds. The van der Waals surface area contributed by atoms with Gasteiger partial charge in [0, 0.05) is 0 Å². The van der Waals surface area contributed by atoms with Gasteiger partial charge in [-0.3, -0.25) is 16.2 Å². The number of rotatable bonds is 2. The Balaban J connectivity index is 0. The molecule has 0 aromatic heterocycles. The van der Waals surface area contributed by atoms with Gasteiger partial charge in [0.15, 0.2) is 0 Å². The molecule has 9 heavy (non-hydrogen) atoms. The fourth-order valence-electron chi connectivity index (χ4n) is 0.115. The van der Waals surface area contributed by atoms with Crippen molar-refractivity contribution >= 4 is 10.1 Å². The van der Waals surface area contributed by atoms with Crippen LogP contribution in [0.5, 0.6) is 0 Å². The molecule has 0 aliphatic rings. The summed E-state index contributed by atoms with van der Waals surface area (Å²) in [4.78, 5) is 0. The van der Waals surface area contributed by atoms with Gasteiger partial charge in [0.05, 0.1) is 12.4 Å². The van der Waals surface area contributed by atoms with Crippen molar-refractivity contribution in [2.45, 2.75) is 0 Å². The topological polar surface area (TPSA) is 127 Å². The number of aliphatic hydroxyl groups excluding tert-OH is 1. The van der Waals surface area contributed by atoms with Gasteiger partial charge in [-0.1, -0.05) is 0 Å². The quantitative estimate of drug-likeness (QED) is 0.203. The highest BCUT2D eigenvalue weighted by Crippen LogP contribution is 1.75. The van der Waals surface area contributed by atoms with Crippen LogP contribution in [0, 0.1) is 0 Å². The summed E-state index contributed by atoms with van der Waals surface area (Å²) in [6, 6.07) is 0.